The average molecular weight is 404 g/mol. The molecule has 0 fully saturated rings. The number of carbonyl (C=O) groups excluding carboxylic acids is 3. The van der Waals surface area contributed by atoms with E-state index < -0.39 is 17.7 Å². The van der Waals surface area contributed by atoms with Gasteiger partial charge in [-0.25, -0.2) is 4.98 Å². The van der Waals surface area contributed by atoms with Crippen LogP contribution in [0, 0.1) is 0 Å². The zero-order valence-corrected chi connectivity index (χ0v) is 16.1. The van der Waals surface area contributed by atoms with Crippen LogP contribution in [0.2, 0.25) is 0 Å². The summed E-state index contributed by atoms with van der Waals surface area (Å²) in [6, 6.07) is 13.9. The molecular formula is C21H16N4O3S. The van der Waals surface area contributed by atoms with Gasteiger partial charge in [-0.1, -0.05) is 36.0 Å². The van der Waals surface area contributed by atoms with Crippen LogP contribution in [0.4, 0.5) is 5.69 Å². The van der Waals surface area contributed by atoms with Gasteiger partial charge in [0.1, 0.15) is 6.54 Å². The van der Waals surface area contributed by atoms with Crippen LogP contribution in [0.5, 0.6) is 0 Å². The Morgan fingerprint density at radius 3 is 2.38 bits per heavy atom. The van der Waals surface area contributed by atoms with Crippen molar-refractivity contribution < 1.29 is 14.4 Å². The van der Waals surface area contributed by atoms with E-state index in [-0.39, 0.29) is 6.54 Å². The van der Waals surface area contributed by atoms with Crippen molar-refractivity contribution in [1.29, 1.82) is 0 Å². The Kier molecular flexibility index (Phi) is 4.21. The molecule has 7 nitrogen and oxygen atoms in total. The van der Waals surface area contributed by atoms with Gasteiger partial charge in [-0.3, -0.25) is 19.3 Å². The molecule has 0 radical (unpaired) electrons. The van der Waals surface area contributed by atoms with Gasteiger partial charge in [-0.2, -0.15) is 0 Å². The normalized spacial score (nSPS) is 14.8. The molecule has 144 valence electrons. The van der Waals surface area contributed by atoms with Gasteiger partial charge in [0, 0.05) is 29.7 Å². The highest BCUT2D eigenvalue weighted by Crippen LogP contribution is 2.29. The van der Waals surface area contributed by atoms with Crippen molar-refractivity contribution in [3.63, 3.8) is 0 Å². The number of nitrogens with zero attached hydrogens (tertiary/aromatic N) is 3. The molecule has 3 heterocycles. The lowest BCUT2D eigenvalue weighted by molar-refractivity contribution is -0.116. The molecule has 1 N–H and O–H groups in total. The maximum absolute atomic E-state index is 12.4. The van der Waals surface area contributed by atoms with Gasteiger partial charge < -0.3 is 9.88 Å². The maximum atomic E-state index is 12.4. The highest BCUT2D eigenvalue weighted by Gasteiger charge is 2.36. The zero-order valence-electron chi connectivity index (χ0n) is 15.3. The summed E-state index contributed by atoms with van der Waals surface area (Å²) < 4.78 is 2.14. The molecule has 0 saturated heterocycles. The number of aryl methyl sites for hydroxylation is 1. The van der Waals surface area contributed by atoms with Gasteiger partial charge >= 0.3 is 0 Å². The van der Waals surface area contributed by atoms with Gasteiger partial charge in [0.25, 0.3) is 11.8 Å². The van der Waals surface area contributed by atoms with Gasteiger partial charge in [-0.05, 0) is 24.3 Å². The number of nitrogens with one attached hydrogen (secondary N) is 1. The van der Waals surface area contributed by atoms with Crippen LogP contribution < -0.4 is 5.32 Å². The van der Waals surface area contributed by atoms with Crippen LogP contribution in [-0.2, 0) is 11.3 Å². The lowest BCUT2D eigenvalue weighted by atomic mass is 10.1. The van der Waals surface area contributed by atoms with Gasteiger partial charge in [0.05, 0.1) is 16.8 Å². The molecule has 0 saturated carbocycles. The van der Waals surface area contributed by atoms with Crippen LogP contribution in [0.15, 0.2) is 59.9 Å². The van der Waals surface area contributed by atoms with Gasteiger partial charge in [-0.15, -0.1) is 0 Å². The van der Waals surface area contributed by atoms with E-state index in [1.807, 2.05) is 18.3 Å². The number of benzene rings is 2. The van der Waals surface area contributed by atoms with E-state index in [9.17, 15) is 14.4 Å². The fourth-order valence-corrected chi connectivity index (χ4v) is 4.44. The first-order valence-corrected chi connectivity index (χ1v) is 10.1. The van der Waals surface area contributed by atoms with E-state index in [4.69, 9.17) is 0 Å². The Morgan fingerprint density at radius 1 is 1.03 bits per heavy atom. The fourth-order valence-electron chi connectivity index (χ4n) is 3.50. The van der Waals surface area contributed by atoms with Gasteiger partial charge in [0.2, 0.25) is 5.91 Å². The van der Waals surface area contributed by atoms with E-state index in [2.05, 4.69) is 14.9 Å². The zero-order chi connectivity index (χ0) is 20.0. The van der Waals surface area contributed by atoms with E-state index in [1.165, 1.54) is 0 Å². The predicted octanol–water partition coefficient (Wildman–Crippen LogP) is 2.89. The van der Waals surface area contributed by atoms with Crippen molar-refractivity contribution >= 4 is 35.2 Å². The van der Waals surface area contributed by atoms with Crippen molar-refractivity contribution in [1.82, 2.24) is 14.5 Å². The number of hydrogen-bond acceptors (Lipinski definition) is 5. The fraction of sp³-hybridized carbons (Fsp3) is 0.143. The molecule has 8 heteroatoms. The second kappa shape index (κ2) is 6.89. The second-order valence-electron chi connectivity index (χ2n) is 6.82. The summed E-state index contributed by atoms with van der Waals surface area (Å²) in [5.41, 5.74) is 3.12. The third-order valence-corrected chi connectivity index (χ3v) is 5.92. The number of carbonyl (C=O) groups is 3. The summed E-state index contributed by atoms with van der Waals surface area (Å²) >= 11 is 1.74. The summed E-state index contributed by atoms with van der Waals surface area (Å²) in [6.45, 7) is 0.651. The van der Waals surface area contributed by atoms with Crippen LogP contribution in [-0.4, -0.2) is 44.5 Å². The topological polar surface area (TPSA) is 84.3 Å². The molecule has 29 heavy (non-hydrogen) atoms. The molecule has 0 unspecified atom stereocenters. The molecule has 3 amide bonds. The van der Waals surface area contributed by atoms with Crippen LogP contribution in [0.3, 0.4) is 0 Å². The van der Waals surface area contributed by atoms with E-state index in [1.54, 1.807) is 48.2 Å². The maximum Gasteiger partial charge on any atom is 0.262 e. The van der Waals surface area contributed by atoms with Crippen molar-refractivity contribution in [3.05, 3.63) is 65.9 Å². The van der Waals surface area contributed by atoms with Crippen molar-refractivity contribution in [3.8, 4) is 11.3 Å². The number of imide groups is 1. The van der Waals surface area contributed by atoms with Crippen LogP contribution >= 0.6 is 11.8 Å². The number of amides is 3. The summed E-state index contributed by atoms with van der Waals surface area (Å²) in [5, 5.41) is 3.77. The summed E-state index contributed by atoms with van der Waals surface area (Å²) in [7, 11) is 0. The Labute approximate surface area is 170 Å². The average Bonchev–Trinajstić information content (AvgIpc) is 3.39. The number of rotatable bonds is 4. The van der Waals surface area contributed by atoms with E-state index >= 15 is 0 Å². The highest BCUT2D eigenvalue weighted by atomic mass is 32.2. The number of hydrogen-bond donors (Lipinski definition) is 1. The molecular weight excluding hydrogens is 388 g/mol. The predicted molar refractivity (Wildman–Crippen MR) is 109 cm³/mol. The monoisotopic (exact) mass is 404 g/mol. The third kappa shape index (κ3) is 3.11. The summed E-state index contributed by atoms with van der Waals surface area (Å²) in [5.74, 6) is -0.256. The number of aromatic nitrogens is 2. The van der Waals surface area contributed by atoms with Crippen molar-refractivity contribution in [2.24, 2.45) is 0 Å². The number of anilines is 1. The minimum absolute atomic E-state index is 0.320. The smallest absolute Gasteiger partial charge is 0.262 e. The van der Waals surface area contributed by atoms with E-state index in [0.717, 1.165) is 33.6 Å². The molecule has 2 aliphatic heterocycles. The number of imidazole rings is 1. The summed E-state index contributed by atoms with van der Waals surface area (Å²) in [4.78, 5) is 42.7. The van der Waals surface area contributed by atoms with Crippen molar-refractivity contribution in [2.45, 2.75) is 11.7 Å². The Morgan fingerprint density at radius 2 is 1.72 bits per heavy atom. The third-order valence-electron chi connectivity index (χ3n) is 4.95. The molecule has 2 aliphatic rings. The molecule has 0 aliphatic carbocycles. The van der Waals surface area contributed by atoms with Crippen molar-refractivity contribution in [2.75, 3.05) is 17.6 Å². The molecule has 1 aromatic heterocycles. The minimum atomic E-state index is -0.443. The second-order valence-corrected chi connectivity index (χ2v) is 7.88. The number of thioether (sulfide) groups is 1. The first kappa shape index (κ1) is 17.7. The molecule has 5 rings (SSSR count). The standard InChI is InChI=1S/C21H16N4O3S/c26-18(12-25-19(27)15-3-1-2-4-16(15)20(25)28)22-14-7-5-13(6-8-14)17-11-24-9-10-29-21(24)23-17/h1-8,11H,9-10,12H2,(H,22,26). The lowest BCUT2D eigenvalue weighted by Crippen LogP contribution is -2.37. The van der Waals surface area contributed by atoms with Gasteiger partial charge in [0.15, 0.2) is 5.16 Å². The quantitative estimate of drug-likeness (QED) is 0.676. The SMILES string of the molecule is O=C(CN1C(=O)c2ccccc2C1=O)Nc1ccc(-c2cn3c(n2)SCC3)cc1. The molecule has 0 bridgehead atoms. The molecule has 0 spiro atoms. The molecule has 3 aromatic rings. The Balaban J connectivity index is 1.25. The first-order chi connectivity index (χ1) is 14.1. The van der Waals surface area contributed by atoms with Crippen LogP contribution in [0.25, 0.3) is 11.3 Å². The highest BCUT2D eigenvalue weighted by molar-refractivity contribution is 7.99. The lowest BCUT2D eigenvalue weighted by Gasteiger charge is -2.13. The largest absolute Gasteiger partial charge is 0.325 e. The Bertz CT molecular complexity index is 1100. The number of fused-ring (bicyclic) bond motifs is 2. The minimum Gasteiger partial charge on any atom is -0.325 e. The van der Waals surface area contributed by atoms with E-state index in [0.29, 0.717) is 16.8 Å². The Hall–Kier alpha value is -3.39. The summed E-state index contributed by atoms with van der Waals surface area (Å²) in [6.07, 6.45) is 2.03. The molecule has 0 atom stereocenters. The first-order valence-electron chi connectivity index (χ1n) is 9.15. The molecule has 2 aromatic carbocycles. The van der Waals surface area contributed by atoms with Crippen LogP contribution in [0.1, 0.15) is 20.7 Å².